The second-order valence-corrected chi connectivity index (χ2v) is 5.62. The predicted octanol–water partition coefficient (Wildman–Crippen LogP) is 0.231. The van der Waals surface area contributed by atoms with Crippen LogP contribution in [0.3, 0.4) is 0 Å². The first-order valence-electron chi connectivity index (χ1n) is 7.48. The van der Waals surface area contributed by atoms with Gasteiger partial charge in [0.05, 0.1) is 0 Å². The van der Waals surface area contributed by atoms with Gasteiger partial charge < -0.3 is 9.80 Å². The first-order valence-corrected chi connectivity index (χ1v) is 7.48. The topological polar surface area (TPSA) is 67.2 Å². The second kappa shape index (κ2) is 6.65. The molecule has 7 heteroatoms. The molecule has 116 valence electrons. The molecule has 1 aromatic carbocycles. The number of hydrogen-bond donors (Lipinski definition) is 0. The number of rotatable bonds is 4. The van der Waals surface area contributed by atoms with Gasteiger partial charge >= 0.3 is 0 Å². The largest absolute Gasteiger partial charge is 0.338 e. The quantitative estimate of drug-likeness (QED) is 0.808. The third-order valence-electron chi connectivity index (χ3n) is 4.06. The molecule has 0 unspecified atom stereocenters. The van der Waals surface area contributed by atoms with Gasteiger partial charge in [0, 0.05) is 32.6 Å². The summed E-state index contributed by atoms with van der Waals surface area (Å²) in [6.45, 7) is 3.31. The lowest BCUT2D eigenvalue weighted by atomic mass is 10.0. The van der Waals surface area contributed by atoms with Crippen LogP contribution in [0.1, 0.15) is 11.6 Å². The van der Waals surface area contributed by atoms with Crippen LogP contribution in [0.5, 0.6) is 0 Å². The minimum Gasteiger partial charge on any atom is -0.338 e. The molecule has 7 nitrogen and oxygen atoms in total. The Morgan fingerprint density at radius 2 is 1.91 bits per heavy atom. The van der Waals surface area contributed by atoms with Crippen molar-refractivity contribution in [2.45, 2.75) is 12.5 Å². The van der Waals surface area contributed by atoms with E-state index in [1.54, 1.807) is 4.68 Å². The van der Waals surface area contributed by atoms with E-state index >= 15 is 0 Å². The fourth-order valence-electron chi connectivity index (χ4n) is 2.68. The number of piperazine rings is 1. The maximum absolute atomic E-state index is 12.9. The van der Waals surface area contributed by atoms with Crippen LogP contribution in [0.2, 0.25) is 0 Å². The van der Waals surface area contributed by atoms with Gasteiger partial charge in [0.25, 0.3) is 0 Å². The van der Waals surface area contributed by atoms with Gasteiger partial charge in [0.1, 0.15) is 12.4 Å². The van der Waals surface area contributed by atoms with Gasteiger partial charge in [-0.1, -0.05) is 30.3 Å². The molecule has 0 aliphatic carbocycles. The Morgan fingerprint density at radius 1 is 1.18 bits per heavy atom. The van der Waals surface area contributed by atoms with Crippen LogP contribution >= 0.6 is 0 Å². The van der Waals surface area contributed by atoms with E-state index in [4.69, 9.17) is 0 Å². The minimum absolute atomic E-state index is 0.0873. The minimum atomic E-state index is -0.388. The third kappa shape index (κ3) is 3.30. The standard InChI is InChI=1S/C15H20N6O/c1-19-7-9-20(10-8-19)15(22)14(21-12-16-17-18-21)11-13-5-3-2-4-6-13/h2-6,12,14H,7-11H2,1H3/t14-/m0/s1. The van der Waals surface area contributed by atoms with Gasteiger partial charge in [-0.15, -0.1) is 5.10 Å². The zero-order valence-electron chi connectivity index (χ0n) is 12.7. The zero-order valence-corrected chi connectivity index (χ0v) is 12.7. The van der Waals surface area contributed by atoms with E-state index in [2.05, 4.69) is 27.5 Å². The highest BCUT2D eigenvalue weighted by Crippen LogP contribution is 2.17. The molecule has 1 aromatic heterocycles. The fraction of sp³-hybridized carbons (Fsp3) is 0.467. The smallest absolute Gasteiger partial charge is 0.248 e. The Morgan fingerprint density at radius 3 is 2.55 bits per heavy atom. The van der Waals surface area contributed by atoms with Gasteiger partial charge in [-0.25, -0.2) is 4.68 Å². The van der Waals surface area contributed by atoms with Crippen molar-refractivity contribution in [1.82, 2.24) is 30.0 Å². The number of benzene rings is 1. The summed E-state index contributed by atoms with van der Waals surface area (Å²) in [6.07, 6.45) is 2.11. The first-order chi connectivity index (χ1) is 10.7. The summed E-state index contributed by atoms with van der Waals surface area (Å²) in [6, 6.07) is 9.58. The van der Waals surface area contributed by atoms with Crippen molar-refractivity contribution < 1.29 is 4.79 Å². The predicted molar refractivity (Wildman–Crippen MR) is 81.1 cm³/mol. The highest BCUT2D eigenvalue weighted by atomic mass is 16.2. The average Bonchev–Trinajstić information content (AvgIpc) is 3.08. The second-order valence-electron chi connectivity index (χ2n) is 5.62. The van der Waals surface area contributed by atoms with Gasteiger partial charge in [-0.2, -0.15) is 0 Å². The monoisotopic (exact) mass is 300 g/mol. The van der Waals surface area contributed by atoms with Gasteiger partial charge in [-0.3, -0.25) is 4.79 Å². The molecular weight excluding hydrogens is 280 g/mol. The molecule has 2 aromatic rings. The first kappa shape index (κ1) is 14.6. The Balaban J connectivity index is 1.78. The van der Waals surface area contributed by atoms with Crippen LogP contribution in [-0.4, -0.2) is 69.1 Å². The summed E-state index contributed by atoms with van der Waals surface area (Å²) < 4.78 is 1.56. The van der Waals surface area contributed by atoms with Gasteiger partial charge in [0.2, 0.25) is 5.91 Å². The van der Waals surface area contributed by atoms with E-state index in [-0.39, 0.29) is 11.9 Å². The van der Waals surface area contributed by atoms with Crippen molar-refractivity contribution in [1.29, 1.82) is 0 Å². The molecule has 1 amide bonds. The number of hydrogen-bond acceptors (Lipinski definition) is 5. The zero-order chi connectivity index (χ0) is 15.4. The lowest BCUT2D eigenvalue weighted by molar-refractivity contribution is -0.136. The summed E-state index contributed by atoms with van der Waals surface area (Å²) in [5, 5.41) is 11.3. The molecule has 1 aliphatic rings. The summed E-state index contributed by atoms with van der Waals surface area (Å²) >= 11 is 0. The van der Waals surface area contributed by atoms with Crippen LogP contribution < -0.4 is 0 Å². The van der Waals surface area contributed by atoms with Crippen molar-refractivity contribution in [2.24, 2.45) is 0 Å². The Labute approximate surface area is 129 Å². The van der Waals surface area contributed by atoms with Crippen molar-refractivity contribution in [2.75, 3.05) is 33.2 Å². The van der Waals surface area contributed by atoms with E-state index < -0.39 is 0 Å². The summed E-state index contributed by atoms with van der Waals surface area (Å²) in [5.74, 6) is 0.0873. The summed E-state index contributed by atoms with van der Waals surface area (Å²) in [7, 11) is 2.07. The lowest BCUT2D eigenvalue weighted by Crippen LogP contribution is -2.49. The normalized spacial score (nSPS) is 17.4. The molecule has 0 saturated carbocycles. The highest BCUT2D eigenvalue weighted by Gasteiger charge is 2.29. The average molecular weight is 300 g/mol. The SMILES string of the molecule is CN1CCN(C(=O)[C@H](Cc2ccccc2)n2cnnn2)CC1. The molecule has 1 aliphatic heterocycles. The number of tetrazole rings is 1. The number of carbonyl (C=O) groups excluding carboxylic acids is 1. The Hall–Kier alpha value is -2.28. The molecule has 1 atom stereocenters. The van der Waals surface area contributed by atoms with Crippen molar-refractivity contribution in [3.63, 3.8) is 0 Å². The van der Waals surface area contributed by atoms with Crippen LogP contribution in [0.25, 0.3) is 0 Å². The van der Waals surface area contributed by atoms with E-state index in [9.17, 15) is 4.79 Å². The van der Waals surface area contributed by atoms with Crippen LogP contribution in [0.15, 0.2) is 36.7 Å². The summed E-state index contributed by atoms with van der Waals surface area (Å²) in [5.41, 5.74) is 1.10. The number of nitrogens with zero attached hydrogens (tertiary/aromatic N) is 6. The van der Waals surface area contributed by atoms with Crippen LogP contribution in [0, 0.1) is 0 Å². The fourth-order valence-corrected chi connectivity index (χ4v) is 2.68. The molecular formula is C15H20N6O. The third-order valence-corrected chi connectivity index (χ3v) is 4.06. The molecule has 3 rings (SSSR count). The van der Waals surface area contributed by atoms with Crippen LogP contribution in [0.4, 0.5) is 0 Å². The molecule has 2 heterocycles. The molecule has 0 radical (unpaired) electrons. The Bertz CT molecular complexity index is 592. The van der Waals surface area contributed by atoms with Crippen molar-refractivity contribution >= 4 is 5.91 Å². The highest BCUT2D eigenvalue weighted by molar-refractivity contribution is 5.80. The number of amides is 1. The summed E-state index contributed by atoms with van der Waals surface area (Å²) in [4.78, 5) is 17.0. The molecule has 22 heavy (non-hydrogen) atoms. The molecule has 0 spiro atoms. The molecule has 0 bridgehead atoms. The molecule has 0 N–H and O–H groups in total. The number of aromatic nitrogens is 4. The van der Waals surface area contributed by atoms with Crippen molar-refractivity contribution in [3.05, 3.63) is 42.2 Å². The molecule has 1 fully saturated rings. The van der Waals surface area contributed by atoms with Crippen LogP contribution in [-0.2, 0) is 11.2 Å². The van der Waals surface area contributed by atoms with E-state index in [0.717, 1.165) is 31.7 Å². The van der Waals surface area contributed by atoms with E-state index in [0.29, 0.717) is 6.42 Å². The number of likely N-dealkylation sites (N-methyl/N-ethyl adjacent to an activating group) is 1. The van der Waals surface area contributed by atoms with Gasteiger partial charge in [-0.05, 0) is 23.0 Å². The van der Waals surface area contributed by atoms with Crippen molar-refractivity contribution in [3.8, 4) is 0 Å². The lowest BCUT2D eigenvalue weighted by Gasteiger charge is -2.34. The molecule has 1 saturated heterocycles. The van der Waals surface area contributed by atoms with Gasteiger partial charge in [0.15, 0.2) is 0 Å². The van der Waals surface area contributed by atoms with E-state index in [1.165, 1.54) is 6.33 Å². The number of carbonyl (C=O) groups is 1. The maximum Gasteiger partial charge on any atom is 0.248 e. The maximum atomic E-state index is 12.9. The van der Waals surface area contributed by atoms with E-state index in [1.807, 2.05) is 35.2 Å². The Kier molecular flexibility index (Phi) is 4.43.